The molecule has 1 aromatic rings. The third kappa shape index (κ3) is 3.91. The van der Waals surface area contributed by atoms with Crippen LogP contribution in [0.1, 0.15) is 51.9 Å². The highest BCUT2D eigenvalue weighted by atomic mass is 79.9. The zero-order chi connectivity index (χ0) is 14.8. The Labute approximate surface area is 127 Å². The van der Waals surface area contributed by atoms with Crippen LogP contribution < -0.4 is 0 Å². The Hall–Kier alpha value is -1.17. The van der Waals surface area contributed by atoms with Crippen molar-refractivity contribution >= 4 is 22.0 Å². The lowest BCUT2D eigenvalue weighted by molar-refractivity contribution is 0.00843. The third-order valence-electron chi connectivity index (χ3n) is 3.07. The van der Waals surface area contributed by atoms with E-state index < -0.39 is 5.60 Å². The smallest absolute Gasteiger partial charge is 0.410 e. The van der Waals surface area contributed by atoms with E-state index in [1.807, 2.05) is 20.8 Å². The number of hydrogen-bond donors (Lipinski definition) is 0. The molecule has 20 heavy (non-hydrogen) atoms. The number of nitrogens with zero attached hydrogens (tertiary/aromatic N) is 3. The molecule has 2 rings (SSSR count). The summed E-state index contributed by atoms with van der Waals surface area (Å²) in [7, 11) is 0. The molecule has 0 spiro atoms. The Balaban J connectivity index is 2.16. The SMILES string of the molecule is CC(C)(C)OC(=O)N1CCCCC1c1ncc(Br)cn1. The van der Waals surface area contributed by atoms with Gasteiger partial charge >= 0.3 is 6.09 Å². The molecule has 0 aliphatic carbocycles. The number of ether oxygens (including phenoxy) is 1. The van der Waals surface area contributed by atoms with Crippen LogP contribution in [0.25, 0.3) is 0 Å². The molecule has 1 aliphatic rings. The summed E-state index contributed by atoms with van der Waals surface area (Å²) in [6.07, 6.45) is 6.08. The number of hydrogen-bond acceptors (Lipinski definition) is 4. The van der Waals surface area contributed by atoms with E-state index in [-0.39, 0.29) is 12.1 Å². The monoisotopic (exact) mass is 341 g/mol. The zero-order valence-electron chi connectivity index (χ0n) is 12.1. The molecular formula is C14H20BrN3O2. The number of piperidine rings is 1. The van der Waals surface area contributed by atoms with Crippen molar-refractivity contribution in [3.63, 3.8) is 0 Å². The summed E-state index contributed by atoms with van der Waals surface area (Å²) in [5.41, 5.74) is -0.486. The van der Waals surface area contributed by atoms with Gasteiger partial charge < -0.3 is 4.74 Å². The molecule has 0 radical (unpaired) electrons. The van der Waals surface area contributed by atoms with Crippen LogP contribution in [0, 0.1) is 0 Å². The Morgan fingerprint density at radius 1 is 1.35 bits per heavy atom. The largest absolute Gasteiger partial charge is 0.444 e. The molecular weight excluding hydrogens is 322 g/mol. The molecule has 0 aromatic carbocycles. The highest BCUT2D eigenvalue weighted by Gasteiger charge is 2.32. The maximum Gasteiger partial charge on any atom is 0.410 e. The number of carbonyl (C=O) groups excluding carboxylic acids is 1. The van der Waals surface area contributed by atoms with Crippen LogP contribution in [0.4, 0.5) is 4.79 Å². The van der Waals surface area contributed by atoms with Crippen LogP contribution in [0.15, 0.2) is 16.9 Å². The Bertz CT molecular complexity index is 470. The van der Waals surface area contributed by atoms with E-state index in [4.69, 9.17) is 4.74 Å². The Morgan fingerprint density at radius 2 is 2.00 bits per heavy atom. The first-order valence-electron chi connectivity index (χ1n) is 6.84. The first kappa shape index (κ1) is 15.2. The van der Waals surface area contributed by atoms with Crippen LogP contribution >= 0.6 is 15.9 Å². The van der Waals surface area contributed by atoms with Crippen LogP contribution in [0.3, 0.4) is 0 Å². The van der Waals surface area contributed by atoms with Crippen LogP contribution in [0.2, 0.25) is 0 Å². The molecule has 1 aromatic heterocycles. The Morgan fingerprint density at radius 3 is 2.60 bits per heavy atom. The molecule has 1 aliphatic heterocycles. The van der Waals surface area contributed by atoms with Crippen molar-refractivity contribution in [3.8, 4) is 0 Å². The van der Waals surface area contributed by atoms with Gasteiger partial charge in [-0.25, -0.2) is 14.8 Å². The van der Waals surface area contributed by atoms with Crippen LogP contribution in [-0.2, 0) is 4.74 Å². The van der Waals surface area contributed by atoms with E-state index in [2.05, 4.69) is 25.9 Å². The average molecular weight is 342 g/mol. The lowest BCUT2D eigenvalue weighted by atomic mass is 10.0. The summed E-state index contributed by atoms with van der Waals surface area (Å²) in [5.74, 6) is 0.679. The number of aromatic nitrogens is 2. The maximum atomic E-state index is 12.3. The molecule has 0 N–H and O–H groups in total. The molecule has 0 saturated carbocycles. The number of rotatable bonds is 1. The van der Waals surface area contributed by atoms with Gasteiger partial charge in [-0.2, -0.15) is 0 Å². The van der Waals surface area contributed by atoms with Gasteiger partial charge in [-0.3, -0.25) is 4.90 Å². The standard InChI is InChI=1S/C14H20BrN3O2/c1-14(2,3)20-13(19)18-7-5-4-6-11(18)12-16-8-10(15)9-17-12/h8-9,11H,4-7H2,1-3H3. The summed E-state index contributed by atoms with van der Waals surface area (Å²) in [6, 6.07) is -0.0910. The van der Waals surface area contributed by atoms with Crippen LogP contribution in [-0.4, -0.2) is 33.1 Å². The summed E-state index contributed by atoms with van der Waals surface area (Å²) in [5, 5.41) is 0. The Kier molecular flexibility index (Phi) is 4.62. The minimum atomic E-state index is -0.486. The van der Waals surface area contributed by atoms with Crippen molar-refractivity contribution in [2.45, 2.75) is 51.7 Å². The van der Waals surface area contributed by atoms with Crippen molar-refractivity contribution < 1.29 is 9.53 Å². The molecule has 1 saturated heterocycles. The van der Waals surface area contributed by atoms with Gasteiger partial charge in [0.1, 0.15) is 5.60 Å². The highest BCUT2D eigenvalue weighted by Crippen LogP contribution is 2.30. The molecule has 5 nitrogen and oxygen atoms in total. The lowest BCUT2D eigenvalue weighted by Gasteiger charge is -2.35. The predicted octanol–water partition coefficient (Wildman–Crippen LogP) is 3.70. The van der Waals surface area contributed by atoms with E-state index in [0.717, 1.165) is 23.7 Å². The number of likely N-dealkylation sites (tertiary alicyclic amines) is 1. The van der Waals surface area contributed by atoms with Gasteiger partial charge in [-0.15, -0.1) is 0 Å². The van der Waals surface area contributed by atoms with E-state index in [9.17, 15) is 4.79 Å². The second-order valence-corrected chi connectivity index (χ2v) is 6.86. The van der Waals surface area contributed by atoms with Crippen molar-refractivity contribution in [1.29, 1.82) is 0 Å². The normalized spacial score (nSPS) is 19.8. The van der Waals surface area contributed by atoms with Crippen molar-refractivity contribution in [2.75, 3.05) is 6.54 Å². The van der Waals surface area contributed by atoms with E-state index in [1.54, 1.807) is 17.3 Å². The first-order valence-corrected chi connectivity index (χ1v) is 7.63. The molecule has 1 fully saturated rings. The molecule has 1 amide bonds. The quantitative estimate of drug-likeness (QED) is 0.781. The topological polar surface area (TPSA) is 55.3 Å². The minimum Gasteiger partial charge on any atom is -0.444 e. The van der Waals surface area contributed by atoms with Crippen LogP contribution in [0.5, 0.6) is 0 Å². The second kappa shape index (κ2) is 6.08. The maximum absolute atomic E-state index is 12.3. The lowest BCUT2D eigenvalue weighted by Crippen LogP contribution is -2.42. The third-order valence-corrected chi connectivity index (χ3v) is 3.48. The molecule has 6 heteroatoms. The van der Waals surface area contributed by atoms with Gasteiger partial charge in [0.25, 0.3) is 0 Å². The number of halogens is 1. The fourth-order valence-corrected chi connectivity index (χ4v) is 2.44. The first-order chi connectivity index (χ1) is 9.37. The van der Waals surface area contributed by atoms with Gasteiger partial charge in [0, 0.05) is 18.9 Å². The number of amides is 1. The number of carbonyl (C=O) groups is 1. The fraction of sp³-hybridized carbons (Fsp3) is 0.643. The van der Waals surface area contributed by atoms with E-state index in [0.29, 0.717) is 12.4 Å². The second-order valence-electron chi connectivity index (χ2n) is 5.94. The molecule has 1 atom stereocenters. The van der Waals surface area contributed by atoms with E-state index in [1.165, 1.54) is 0 Å². The predicted molar refractivity (Wildman–Crippen MR) is 79.3 cm³/mol. The van der Waals surface area contributed by atoms with Gasteiger partial charge in [0.05, 0.1) is 10.5 Å². The van der Waals surface area contributed by atoms with Gasteiger partial charge in [-0.05, 0) is 56.0 Å². The minimum absolute atomic E-state index is 0.0910. The van der Waals surface area contributed by atoms with E-state index >= 15 is 0 Å². The average Bonchev–Trinajstić information content (AvgIpc) is 2.38. The van der Waals surface area contributed by atoms with Crippen molar-refractivity contribution in [3.05, 3.63) is 22.7 Å². The summed E-state index contributed by atoms with van der Waals surface area (Å²) >= 11 is 3.32. The van der Waals surface area contributed by atoms with Crippen molar-refractivity contribution in [2.24, 2.45) is 0 Å². The van der Waals surface area contributed by atoms with Crippen molar-refractivity contribution in [1.82, 2.24) is 14.9 Å². The van der Waals surface area contributed by atoms with Gasteiger partial charge in [-0.1, -0.05) is 0 Å². The zero-order valence-corrected chi connectivity index (χ0v) is 13.7. The summed E-state index contributed by atoms with van der Waals surface area (Å²) in [6.45, 7) is 6.32. The molecule has 0 bridgehead atoms. The fourth-order valence-electron chi connectivity index (χ4n) is 2.23. The summed E-state index contributed by atoms with van der Waals surface area (Å²) in [4.78, 5) is 22.7. The van der Waals surface area contributed by atoms with Gasteiger partial charge in [0.15, 0.2) is 5.82 Å². The molecule has 110 valence electrons. The molecule has 2 heterocycles. The highest BCUT2D eigenvalue weighted by molar-refractivity contribution is 9.10. The van der Waals surface area contributed by atoms with Gasteiger partial charge in [0.2, 0.25) is 0 Å². The summed E-state index contributed by atoms with van der Waals surface area (Å²) < 4.78 is 6.31. The molecule has 1 unspecified atom stereocenters.